The second kappa shape index (κ2) is 8.94. The van der Waals surface area contributed by atoms with Crippen LogP contribution in [-0.4, -0.2) is 23.4 Å². The Morgan fingerprint density at radius 1 is 1.04 bits per heavy atom. The Balaban J connectivity index is 1.79. The first-order valence-electron chi connectivity index (χ1n) is 7.91. The van der Waals surface area contributed by atoms with E-state index in [1.165, 1.54) is 12.5 Å². The number of ether oxygens (including phenoxy) is 1. The topological polar surface area (TPSA) is 67.4 Å². The second-order valence-electron chi connectivity index (χ2n) is 5.42. The average Bonchev–Trinajstić information content (AvgIpc) is 2.60. The van der Waals surface area contributed by atoms with E-state index in [4.69, 9.17) is 17.0 Å². The molecule has 0 aliphatic rings. The molecule has 0 unspecified atom stereocenters. The first-order valence-corrected chi connectivity index (χ1v) is 8.32. The molecule has 0 atom stereocenters. The maximum absolute atomic E-state index is 11.9. The molecular weight excluding hydrogens is 336 g/mol. The summed E-state index contributed by atoms with van der Waals surface area (Å²) in [4.78, 5) is 23.1. The van der Waals surface area contributed by atoms with Crippen LogP contribution in [0.25, 0.3) is 0 Å². The lowest BCUT2D eigenvalue weighted by atomic mass is 10.1. The number of carbonyl (C=O) groups excluding carboxylic acids is 2. The quantitative estimate of drug-likeness (QED) is 0.614. The largest absolute Gasteiger partial charge is 0.484 e. The molecule has 0 aliphatic carbocycles. The van der Waals surface area contributed by atoms with Crippen molar-refractivity contribution in [2.24, 2.45) is 0 Å². The summed E-state index contributed by atoms with van der Waals surface area (Å²) in [6.45, 7) is 3.45. The minimum absolute atomic E-state index is 0.00783. The van der Waals surface area contributed by atoms with E-state index in [-0.39, 0.29) is 23.4 Å². The molecule has 0 saturated carbocycles. The summed E-state index contributed by atoms with van der Waals surface area (Å²) < 4.78 is 5.42. The van der Waals surface area contributed by atoms with Crippen molar-refractivity contribution in [1.82, 2.24) is 5.32 Å². The molecule has 25 heavy (non-hydrogen) atoms. The van der Waals surface area contributed by atoms with Gasteiger partial charge in [0.25, 0.3) is 5.91 Å². The molecule has 0 fully saturated rings. The van der Waals surface area contributed by atoms with Gasteiger partial charge in [-0.15, -0.1) is 0 Å². The van der Waals surface area contributed by atoms with E-state index in [0.717, 1.165) is 6.42 Å². The summed E-state index contributed by atoms with van der Waals surface area (Å²) in [5.74, 6) is 0.273. The third-order valence-corrected chi connectivity index (χ3v) is 3.71. The van der Waals surface area contributed by atoms with E-state index in [1.54, 1.807) is 24.3 Å². The summed E-state index contributed by atoms with van der Waals surface area (Å²) >= 11 is 5.09. The molecule has 6 heteroatoms. The minimum Gasteiger partial charge on any atom is -0.484 e. The van der Waals surface area contributed by atoms with Crippen molar-refractivity contribution in [3.05, 3.63) is 59.7 Å². The van der Waals surface area contributed by atoms with Crippen molar-refractivity contribution in [3.63, 3.8) is 0 Å². The lowest BCUT2D eigenvalue weighted by Gasteiger charge is -2.11. The molecule has 2 rings (SSSR count). The molecule has 0 bridgehead atoms. The molecule has 0 aromatic heterocycles. The highest BCUT2D eigenvalue weighted by Gasteiger charge is 2.07. The molecule has 0 saturated heterocycles. The molecule has 0 spiro atoms. The normalized spacial score (nSPS) is 10.0. The highest BCUT2D eigenvalue weighted by Crippen LogP contribution is 2.12. The molecule has 0 aliphatic heterocycles. The number of hydrogen-bond acceptors (Lipinski definition) is 4. The smallest absolute Gasteiger partial charge is 0.264 e. The lowest BCUT2D eigenvalue weighted by molar-refractivity contribution is -0.121. The maximum atomic E-state index is 11.9. The molecule has 1 amide bonds. The van der Waals surface area contributed by atoms with Gasteiger partial charge in [0.05, 0.1) is 0 Å². The van der Waals surface area contributed by atoms with Crippen molar-refractivity contribution in [2.75, 3.05) is 11.9 Å². The standard InChI is InChI=1S/C19H20N2O3S/c1-3-14-4-10-17(11-5-14)24-12-18(23)21-19(25)20-16-8-6-15(7-9-16)13(2)22/h4-11H,3,12H2,1-2H3,(H2,20,21,23,25). The maximum Gasteiger partial charge on any atom is 0.264 e. The van der Waals surface area contributed by atoms with Crippen LogP contribution >= 0.6 is 12.2 Å². The first kappa shape index (κ1) is 18.6. The molecule has 130 valence electrons. The Labute approximate surface area is 152 Å². The molecule has 2 aromatic rings. The van der Waals surface area contributed by atoms with E-state index < -0.39 is 0 Å². The van der Waals surface area contributed by atoms with Crippen LogP contribution in [0, 0.1) is 0 Å². The number of Topliss-reactive ketones (excluding diaryl/α,β-unsaturated/α-hetero) is 1. The number of aryl methyl sites for hydroxylation is 1. The van der Waals surface area contributed by atoms with E-state index >= 15 is 0 Å². The van der Waals surface area contributed by atoms with Gasteiger partial charge in [0.15, 0.2) is 17.5 Å². The SMILES string of the molecule is CCc1ccc(OCC(=O)NC(=S)Nc2ccc(C(C)=O)cc2)cc1. The Bertz CT molecular complexity index is 755. The fraction of sp³-hybridized carbons (Fsp3) is 0.211. The van der Waals surface area contributed by atoms with Gasteiger partial charge in [-0.05, 0) is 67.5 Å². The van der Waals surface area contributed by atoms with Gasteiger partial charge in [0, 0.05) is 11.3 Å². The Hall–Kier alpha value is -2.73. The summed E-state index contributed by atoms with van der Waals surface area (Å²) in [6, 6.07) is 14.4. The summed E-state index contributed by atoms with van der Waals surface area (Å²) in [6.07, 6.45) is 0.952. The number of hydrogen-bond donors (Lipinski definition) is 2. The molecule has 2 aromatic carbocycles. The second-order valence-corrected chi connectivity index (χ2v) is 5.83. The highest BCUT2D eigenvalue weighted by molar-refractivity contribution is 7.80. The van der Waals surface area contributed by atoms with Crippen LogP contribution in [0.4, 0.5) is 5.69 Å². The fourth-order valence-corrected chi connectivity index (χ4v) is 2.32. The van der Waals surface area contributed by atoms with Gasteiger partial charge in [-0.25, -0.2) is 0 Å². The molecular formula is C19H20N2O3S. The first-order chi connectivity index (χ1) is 12.0. The van der Waals surface area contributed by atoms with Crippen LogP contribution < -0.4 is 15.4 Å². The predicted molar refractivity (Wildman–Crippen MR) is 102 cm³/mol. The van der Waals surface area contributed by atoms with Gasteiger partial charge >= 0.3 is 0 Å². The van der Waals surface area contributed by atoms with Crippen molar-refractivity contribution < 1.29 is 14.3 Å². The van der Waals surface area contributed by atoms with Crippen LogP contribution in [-0.2, 0) is 11.2 Å². The highest BCUT2D eigenvalue weighted by atomic mass is 32.1. The number of ketones is 1. The van der Waals surface area contributed by atoms with Crippen LogP contribution in [0.15, 0.2) is 48.5 Å². The Morgan fingerprint density at radius 3 is 2.24 bits per heavy atom. The lowest BCUT2D eigenvalue weighted by Crippen LogP contribution is -2.37. The molecule has 0 radical (unpaired) electrons. The van der Waals surface area contributed by atoms with E-state index in [1.807, 2.05) is 24.3 Å². The fourth-order valence-electron chi connectivity index (χ4n) is 2.08. The number of amides is 1. The minimum atomic E-state index is -0.350. The summed E-state index contributed by atoms with van der Waals surface area (Å²) in [5, 5.41) is 5.60. The van der Waals surface area contributed by atoms with Crippen molar-refractivity contribution in [1.29, 1.82) is 0 Å². The van der Waals surface area contributed by atoms with E-state index in [9.17, 15) is 9.59 Å². The number of rotatable bonds is 6. The van der Waals surface area contributed by atoms with Gasteiger partial charge < -0.3 is 10.1 Å². The monoisotopic (exact) mass is 356 g/mol. The predicted octanol–water partition coefficient (Wildman–Crippen LogP) is 3.34. The van der Waals surface area contributed by atoms with Gasteiger partial charge in [-0.3, -0.25) is 14.9 Å². The zero-order valence-corrected chi connectivity index (χ0v) is 15.0. The van der Waals surface area contributed by atoms with Gasteiger partial charge in [-0.1, -0.05) is 19.1 Å². The number of carbonyl (C=O) groups is 2. The molecule has 0 heterocycles. The Morgan fingerprint density at radius 2 is 1.68 bits per heavy atom. The number of benzene rings is 2. The zero-order valence-electron chi connectivity index (χ0n) is 14.2. The third-order valence-electron chi connectivity index (χ3n) is 3.50. The van der Waals surface area contributed by atoms with Crippen LogP contribution in [0.2, 0.25) is 0 Å². The number of anilines is 1. The average molecular weight is 356 g/mol. The third kappa shape index (κ3) is 6.00. The molecule has 2 N–H and O–H groups in total. The summed E-state index contributed by atoms with van der Waals surface area (Å²) in [5.41, 5.74) is 2.51. The summed E-state index contributed by atoms with van der Waals surface area (Å²) in [7, 11) is 0. The van der Waals surface area contributed by atoms with Crippen molar-refractivity contribution >= 4 is 34.7 Å². The Kier molecular flexibility index (Phi) is 6.65. The number of thiocarbonyl (C=S) groups is 1. The van der Waals surface area contributed by atoms with Gasteiger partial charge in [-0.2, -0.15) is 0 Å². The van der Waals surface area contributed by atoms with Gasteiger partial charge in [0.1, 0.15) is 5.75 Å². The van der Waals surface area contributed by atoms with Crippen LogP contribution in [0.5, 0.6) is 5.75 Å². The van der Waals surface area contributed by atoms with Gasteiger partial charge in [0.2, 0.25) is 0 Å². The van der Waals surface area contributed by atoms with Crippen LogP contribution in [0.1, 0.15) is 29.8 Å². The van der Waals surface area contributed by atoms with Crippen molar-refractivity contribution in [3.8, 4) is 5.75 Å². The van der Waals surface area contributed by atoms with E-state index in [0.29, 0.717) is 17.0 Å². The number of nitrogens with one attached hydrogen (secondary N) is 2. The van der Waals surface area contributed by atoms with Crippen LogP contribution in [0.3, 0.4) is 0 Å². The molecule has 5 nitrogen and oxygen atoms in total. The zero-order chi connectivity index (χ0) is 18.2. The van der Waals surface area contributed by atoms with E-state index in [2.05, 4.69) is 17.6 Å². The van der Waals surface area contributed by atoms with Crippen molar-refractivity contribution in [2.45, 2.75) is 20.3 Å².